The van der Waals surface area contributed by atoms with Crippen LogP contribution in [-0.2, 0) is 13.0 Å². The van der Waals surface area contributed by atoms with Gasteiger partial charge in [-0.2, -0.15) is 0 Å². The number of thiazole rings is 1. The Kier molecular flexibility index (Phi) is 7.75. The third-order valence-electron chi connectivity index (χ3n) is 7.56. The van der Waals surface area contributed by atoms with Gasteiger partial charge in [0.05, 0.1) is 18.7 Å². The maximum Gasteiger partial charge on any atom is 0.355 e. The highest BCUT2D eigenvalue weighted by Crippen LogP contribution is 2.39. The Bertz CT molecular complexity index is 1730. The molecule has 0 bridgehead atoms. The first kappa shape index (κ1) is 27.6. The highest BCUT2D eigenvalue weighted by Gasteiger charge is 2.30. The number of rotatable bonds is 10. The lowest BCUT2D eigenvalue weighted by molar-refractivity contribution is 0.0691. The summed E-state index contributed by atoms with van der Waals surface area (Å²) in [6.45, 7) is 3.41. The van der Waals surface area contributed by atoms with Crippen LogP contribution in [0.25, 0.3) is 16.2 Å². The molecule has 2 N–H and O–H groups in total. The zero-order chi connectivity index (χ0) is 29.2. The number of anilines is 2. The molecule has 5 aromatic rings. The first-order chi connectivity index (χ1) is 20.4. The Hall–Kier alpha value is -4.51. The molecular weight excluding hydrogens is 555 g/mol. The molecule has 0 radical (unpaired) electrons. The monoisotopic (exact) mass is 586 g/mol. The standard InChI is InChI=1S/C31H31FN6O3S/c1-3-5-20-9-10-21(32)16-23(20)25-6-4-14-37(25)26-13-15-38-29(35-26)27(30-34-24(18-42-30)31(39)40)28(36-38)33-17-19-7-11-22(41-2)12-8-19/h7-13,15-16,18,25H,3-6,14,17H2,1-2H3,(H,33,36)(H,39,40). The average Bonchev–Trinajstić information content (AvgIpc) is 3.75. The van der Waals surface area contributed by atoms with Crippen molar-refractivity contribution < 1.29 is 19.0 Å². The number of carbonyl (C=O) groups is 1. The molecule has 0 amide bonds. The molecule has 1 atom stereocenters. The van der Waals surface area contributed by atoms with Gasteiger partial charge < -0.3 is 20.1 Å². The number of carboxylic acids is 1. The summed E-state index contributed by atoms with van der Waals surface area (Å²) < 4.78 is 21.4. The zero-order valence-corrected chi connectivity index (χ0v) is 24.2. The van der Waals surface area contributed by atoms with Crippen LogP contribution >= 0.6 is 11.3 Å². The average molecular weight is 587 g/mol. The van der Waals surface area contributed by atoms with Crippen LogP contribution in [0.1, 0.15) is 59.4 Å². The summed E-state index contributed by atoms with van der Waals surface area (Å²) in [4.78, 5) is 23.3. The normalized spacial score (nSPS) is 14.9. The van der Waals surface area contributed by atoms with Crippen LogP contribution in [0, 0.1) is 5.82 Å². The molecule has 1 aliphatic heterocycles. The topological polar surface area (TPSA) is 105 Å². The van der Waals surface area contributed by atoms with E-state index in [1.54, 1.807) is 17.7 Å². The zero-order valence-electron chi connectivity index (χ0n) is 23.4. The fraction of sp³-hybridized carbons (Fsp3) is 0.290. The second-order valence-electron chi connectivity index (χ2n) is 10.3. The predicted octanol–water partition coefficient (Wildman–Crippen LogP) is 6.60. The summed E-state index contributed by atoms with van der Waals surface area (Å²) in [5, 5.41) is 19.7. The molecule has 42 heavy (non-hydrogen) atoms. The number of nitrogens with zero attached hydrogens (tertiary/aromatic N) is 5. The molecule has 3 aromatic heterocycles. The molecule has 1 fully saturated rings. The van der Waals surface area contributed by atoms with E-state index in [-0.39, 0.29) is 17.6 Å². The Balaban J connectivity index is 1.40. The van der Waals surface area contributed by atoms with Crippen LogP contribution in [0.3, 0.4) is 0 Å². The van der Waals surface area contributed by atoms with E-state index >= 15 is 0 Å². The Morgan fingerprint density at radius 3 is 2.76 bits per heavy atom. The summed E-state index contributed by atoms with van der Waals surface area (Å²) >= 11 is 1.24. The molecule has 0 spiro atoms. The molecule has 1 unspecified atom stereocenters. The number of aromatic nitrogens is 4. The van der Waals surface area contributed by atoms with Gasteiger partial charge in [0.2, 0.25) is 0 Å². The molecule has 0 saturated carbocycles. The minimum absolute atomic E-state index is 0.00900. The summed E-state index contributed by atoms with van der Waals surface area (Å²) in [5.41, 5.74) is 4.37. The number of carboxylic acid groups (broad SMARTS) is 1. The van der Waals surface area contributed by atoms with E-state index in [0.717, 1.165) is 60.5 Å². The largest absolute Gasteiger partial charge is 0.497 e. The number of methoxy groups -OCH3 is 1. The number of hydrogen-bond acceptors (Lipinski definition) is 8. The van der Waals surface area contributed by atoms with Gasteiger partial charge in [-0.1, -0.05) is 31.5 Å². The van der Waals surface area contributed by atoms with Crippen molar-refractivity contribution in [2.24, 2.45) is 0 Å². The highest BCUT2D eigenvalue weighted by molar-refractivity contribution is 7.13. The minimum Gasteiger partial charge on any atom is -0.497 e. The van der Waals surface area contributed by atoms with Gasteiger partial charge in [-0.3, -0.25) is 0 Å². The smallest absolute Gasteiger partial charge is 0.355 e. The molecule has 11 heteroatoms. The summed E-state index contributed by atoms with van der Waals surface area (Å²) in [6.07, 6.45) is 5.60. The first-order valence-electron chi connectivity index (χ1n) is 14.0. The second kappa shape index (κ2) is 11.8. The van der Waals surface area contributed by atoms with Gasteiger partial charge >= 0.3 is 5.97 Å². The molecular formula is C31H31FN6O3S. The van der Waals surface area contributed by atoms with Crippen molar-refractivity contribution in [1.82, 2.24) is 19.6 Å². The number of nitrogens with one attached hydrogen (secondary N) is 1. The van der Waals surface area contributed by atoms with Gasteiger partial charge in [-0.25, -0.2) is 23.7 Å². The maximum atomic E-state index is 14.4. The van der Waals surface area contributed by atoms with Gasteiger partial charge in [-0.15, -0.1) is 16.4 Å². The number of benzene rings is 2. The van der Waals surface area contributed by atoms with Crippen molar-refractivity contribution in [3.8, 4) is 16.3 Å². The lowest BCUT2D eigenvalue weighted by atomic mass is 9.95. The maximum absolute atomic E-state index is 14.4. The van der Waals surface area contributed by atoms with Crippen LogP contribution in [-0.4, -0.2) is 44.3 Å². The van der Waals surface area contributed by atoms with Crippen molar-refractivity contribution in [2.45, 2.75) is 45.2 Å². The molecule has 1 aliphatic rings. The number of aryl methyl sites for hydroxylation is 1. The van der Waals surface area contributed by atoms with Crippen molar-refractivity contribution in [3.05, 3.63) is 88.3 Å². The molecule has 9 nitrogen and oxygen atoms in total. The van der Waals surface area contributed by atoms with E-state index in [0.29, 0.717) is 28.6 Å². The van der Waals surface area contributed by atoms with Crippen LogP contribution in [0.2, 0.25) is 0 Å². The lowest BCUT2D eigenvalue weighted by Crippen LogP contribution is -2.24. The van der Waals surface area contributed by atoms with Gasteiger partial charge in [0.15, 0.2) is 17.2 Å². The van der Waals surface area contributed by atoms with Crippen molar-refractivity contribution in [1.29, 1.82) is 0 Å². The minimum atomic E-state index is -1.09. The van der Waals surface area contributed by atoms with Crippen LogP contribution < -0.4 is 15.0 Å². The Morgan fingerprint density at radius 2 is 2.02 bits per heavy atom. The molecule has 1 saturated heterocycles. The van der Waals surface area contributed by atoms with E-state index < -0.39 is 5.97 Å². The van der Waals surface area contributed by atoms with E-state index in [9.17, 15) is 14.3 Å². The summed E-state index contributed by atoms with van der Waals surface area (Å²) in [7, 11) is 1.63. The Morgan fingerprint density at radius 1 is 1.19 bits per heavy atom. The third kappa shape index (κ3) is 5.39. The second-order valence-corrected chi connectivity index (χ2v) is 11.1. The van der Waals surface area contributed by atoms with E-state index in [2.05, 4.69) is 22.1 Å². The number of aromatic carboxylic acids is 1. The van der Waals surface area contributed by atoms with Gasteiger partial charge in [0.25, 0.3) is 0 Å². The number of hydrogen-bond donors (Lipinski definition) is 2. The van der Waals surface area contributed by atoms with E-state index in [1.165, 1.54) is 22.8 Å². The molecule has 0 aliphatic carbocycles. The van der Waals surface area contributed by atoms with Crippen molar-refractivity contribution >= 4 is 34.6 Å². The van der Waals surface area contributed by atoms with E-state index in [1.807, 2.05) is 42.6 Å². The number of fused-ring (bicyclic) bond motifs is 1. The lowest BCUT2D eigenvalue weighted by Gasteiger charge is -2.28. The van der Waals surface area contributed by atoms with Crippen LogP contribution in [0.4, 0.5) is 16.0 Å². The van der Waals surface area contributed by atoms with Gasteiger partial charge in [0.1, 0.15) is 22.4 Å². The number of ether oxygens (including phenoxy) is 1. The quantitative estimate of drug-likeness (QED) is 0.189. The molecule has 2 aromatic carbocycles. The predicted molar refractivity (Wildman–Crippen MR) is 161 cm³/mol. The number of halogens is 1. The van der Waals surface area contributed by atoms with Crippen LogP contribution in [0.5, 0.6) is 5.75 Å². The van der Waals surface area contributed by atoms with Crippen molar-refractivity contribution in [2.75, 3.05) is 23.9 Å². The molecule has 4 heterocycles. The highest BCUT2D eigenvalue weighted by atomic mass is 32.1. The molecule has 6 rings (SSSR count). The fourth-order valence-corrected chi connectivity index (χ4v) is 6.39. The summed E-state index contributed by atoms with van der Waals surface area (Å²) in [5.74, 6) is 0.759. The summed E-state index contributed by atoms with van der Waals surface area (Å²) in [6, 6.07) is 14.8. The van der Waals surface area contributed by atoms with Gasteiger partial charge in [-0.05, 0) is 66.3 Å². The van der Waals surface area contributed by atoms with Crippen LogP contribution in [0.15, 0.2) is 60.1 Å². The van der Waals surface area contributed by atoms with Gasteiger partial charge in [0, 0.05) is 24.7 Å². The van der Waals surface area contributed by atoms with Crippen molar-refractivity contribution in [3.63, 3.8) is 0 Å². The third-order valence-corrected chi connectivity index (χ3v) is 8.42. The Labute approximate surface area is 246 Å². The SMILES string of the molecule is CCCc1ccc(F)cc1C1CCCN1c1ccn2nc(NCc3ccc(OC)cc3)c(-c3nc(C(=O)O)cs3)c2n1. The first-order valence-corrected chi connectivity index (χ1v) is 14.8. The molecule has 216 valence electrons. The fourth-order valence-electron chi connectivity index (χ4n) is 5.55. The van der Waals surface area contributed by atoms with E-state index in [4.69, 9.17) is 14.8 Å².